The molecule has 0 unspecified atom stereocenters. The lowest BCUT2D eigenvalue weighted by Crippen LogP contribution is -2.23. The van der Waals surface area contributed by atoms with Crippen molar-refractivity contribution >= 4 is 51.6 Å². The van der Waals surface area contributed by atoms with Crippen LogP contribution in [0.3, 0.4) is 0 Å². The molecule has 0 aliphatic rings. The molecule has 0 saturated carbocycles. The number of nitrogens with zero attached hydrogens (tertiary/aromatic N) is 2. The fourth-order valence-electron chi connectivity index (χ4n) is 2.54. The van der Waals surface area contributed by atoms with Crippen LogP contribution >= 0.6 is 22.9 Å². The summed E-state index contributed by atoms with van der Waals surface area (Å²) in [6, 6.07) is 13.2. The number of rotatable bonds is 6. The number of hydrogen-bond acceptors (Lipinski definition) is 4. The van der Waals surface area contributed by atoms with Gasteiger partial charge in [-0.15, -0.1) is 11.3 Å². The number of carbonyl (C=O) groups excluding carboxylic acids is 2. The average Bonchev–Trinajstić information content (AvgIpc) is 3.15. The third-order valence-corrected chi connectivity index (χ3v) is 5.14. The highest BCUT2D eigenvalue weighted by Gasteiger charge is 2.20. The highest BCUT2D eigenvalue weighted by atomic mass is 35.5. The summed E-state index contributed by atoms with van der Waals surface area (Å²) in [4.78, 5) is 29.6. The molecule has 1 aromatic heterocycles. The molecule has 0 aliphatic heterocycles. The van der Waals surface area contributed by atoms with Crippen LogP contribution in [0, 0.1) is 5.82 Å². The minimum atomic E-state index is -0.519. The number of nitrogens with one attached hydrogen (secondary N) is 1. The number of benzene rings is 2. The van der Waals surface area contributed by atoms with E-state index in [1.165, 1.54) is 47.4 Å². The standard InChI is InChI=1S/C21H17ClFN3O2S/c1-14(27)26(19-9-5-4-8-18(19)23)21-25-16(13-29-21)10-11-20(28)24-12-15-6-2-3-7-17(15)22/h2-11,13H,12H2,1H3,(H,24,28)/b11-10+. The fourth-order valence-corrected chi connectivity index (χ4v) is 3.59. The van der Waals surface area contributed by atoms with Crippen molar-refractivity contribution in [1.29, 1.82) is 0 Å². The number of para-hydroxylation sites is 1. The fraction of sp³-hybridized carbons (Fsp3) is 0.0952. The van der Waals surface area contributed by atoms with Crippen molar-refractivity contribution in [2.24, 2.45) is 0 Å². The molecule has 8 heteroatoms. The molecule has 0 aliphatic carbocycles. The molecule has 0 saturated heterocycles. The first kappa shape index (κ1) is 20.7. The Bertz CT molecular complexity index is 1070. The van der Waals surface area contributed by atoms with Gasteiger partial charge in [-0.3, -0.25) is 14.5 Å². The molecular weight excluding hydrogens is 413 g/mol. The van der Waals surface area contributed by atoms with Gasteiger partial charge >= 0.3 is 0 Å². The van der Waals surface area contributed by atoms with Crippen molar-refractivity contribution in [3.63, 3.8) is 0 Å². The zero-order valence-corrected chi connectivity index (χ0v) is 17.0. The van der Waals surface area contributed by atoms with Gasteiger partial charge in [0.25, 0.3) is 0 Å². The van der Waals surface area contributed by atoms with Crippen LogP contribution in [0.5, 0.6) is 0 Å². The van der Waals surface area contributed by atoms with Crippen molar-refractivity contribution in [2.45, 2.75) is 13.5 Å². The minimum Gasteiger partial charge on any atom is -0.348 e. The maximum atomic E-state index is 14.1. The first-order valence-electron chi connectivity index (χ1n) is 8.66. The van der Waals surface area contributed by atoms with Crippen molar-refractivity contribution < 1.29 is 14.0 Å². The van der Waals surface area contributed by atoms with E-state index in [0.717, 1.165) is 5.56 Å². The zero-order valence-electron chi connectivity index (χ0n) is 15.4. The number of hydrogen-bond donors (Lipinski definition) is 1. The van der Waals surface area contributed by atoms with Crippen molar-refractivity contribution in [3.8, 4) is 0 Å². The van der Waals surface area contributed by atoms with E-state index in [2.05, 4.69) is 10.3 Å². The predicted molar refractivity (Wildman–Crippen MR) is 114 cm³/mol. The molecule has 2 amide bonds. The number of thiazole rings is 1. The molecule has 1 heterocycles. The second-order valence-electron chi connectivity index (χ2n) is 6.00. The first-order valence-corrected chi connectivity index (χ1v) is 9.91. The summed E-state index contributed by atoms with van der Waals surface area (Å²) in [5.74, 6) is -1.19. The molecular formula is C21H17ClFN3O2S. The van der Waals surface area contributed by atoms with Crippen LogP contribution in [0.15, 0.2) is 60.0 Å². The van der Waals surface area contributed by atoms with E-state index in [1.807, 2.05) is 18.2 Å². The largest absolute Gasteiger partial charge is 0.348 e. The molecule has 0 atom stereocenters. The lowest BCUT2D eigenvalue weighted by Gasteiger charge is -2.18. The zero-order chi connectivity index (χ0) is 20.8. The Morgan fingerprint density at radius 2 is 1.93 bits per heavy atom. The SMILES string of the molecule is CC(=O)N(c1nc(/C=C/C(=O)NCc2ccccc2Cl)cs1)c1ccccc1F. The summed E-state index contributed by atoms with van der Waals surface area (Å²) in [7, 11) is 0. The third kappa shape index (κ3) is 5.28. The Hall–Kier alpha value is -3.03. The van der Waals surface area contributed by atoms with Crippen molar-refractivity contribution in [2.75, 3.05) is 4.90 Å². The number of aromatic nitrogens is 1. The smallest absolute Gasteiger partial charge is 0.244 e. The topological polar surface area (TPSA) is 62.3 Å². The molecule has 1 N–H and O–H groups in total. The second-order valence-corrected chi connectivity index (χ2v) is 7.25. The summed E-state index contributed by atoms with van der Waals surface area (Å²) in [5.41, 5.74) is 1.43. The summed E-state index contributed by atoms with van der Waals surface area (Å²) in [5, 5.41) is 5.33. The molecule has 0 radical (unpaired) electrons. The number of halogens is 2. The number of amides is 2. The minimum absolute atomic E-state index is 0.127. The van der Waals surface area contributed by atoms with E-state index in [4.69, 9.17) is 11.6 Å². The molecule has 0 fully saturated rings. The normalized spacial score (nSPS) is 10.9. The van der Waals surface area contributed by atoms with E-state index < -0.39 is 5.82 Å². The number of carbonyl (C=O) groups is 2. The van der Waals surface area contributed by atoms with E-state index in [9.17, 15) is 14.0 Å². The maximum absolute atomic E-state index is 14.1. The summed E-state index contributed by atoms with van der Waals surface area (Å²) < 4.78 is 14.1. The molecule has 0 spiro atoms. The van der Waals surface area contributed by atoms with Crippen LogP contribution in [-0.4, -0.2) is 16.8 Å². The van der Waals surface area contributed by atoms with Gasteiger partial charge < -0.3 is 5.32 Å². The predicted octanol–water partition coefficient (Wildman–Crippen LogP) is 4.95. The molecule has 3 aromatic rings. The lowest BCUT2D eigenvalue weighted by atomic mass is 10.2. The van der Waals surface area contributed by atoms with Crippen LogP contribution in [-0.2, 0) is 16.1 Å². The molecule has 29 heavy (non-hydrogen) atoms. The molecule has 5 nitrogen and oxygen atoms in total. The van der Waals surface area contributed by atoms with E-state index in [0.29, 0.717) is 22.4 Å². The monoisotopic (exact) mass is 429 g/mol. The lowest BCUT2D eigenvalue weighted by molar-refractivity contribution is -0.117. The van der Waals surface area contributed by atoms with Crippen LogP contribution in [0.1, 0.15) is 18.2 Å². The van der Waals surface area contributed by atoms with Gasteiger partial charge in [0.05, 0.1) is 11.4 Å². The highest BCUT2D eigenvalue weighted by molar-refractivity contribution is 7.14. The molecule has 148 valence electrons. The van der Waals surface area contributed by atoms with Gasteiger partial charge in [-0.25, -0.2) is 9.37 Å². The van der Waals surface area contributed by atoms with Gasteiger partial charge in [0, 0.05) is 29.9 Å². The van der Waals surface area contributed by atoms with Crippen LogP contribution < -0.4 is 10.2 Å². The second kappa shape index (κ2) is 9.45. The van der Waals surface area contributed by atoms with E-state index in [1.54, 1.807) is 23.6 Å². The summed E-state index contributed by atoms with van der Waals surface area (Å²) in [6.45, 7) is 1.64. The summed E-state index contributed by atoms with van der Waals surface area (Å²) in [6.07, 6.45) is 2.87. The van der Waals surface area contributed by atoms with Crippen LogP contribution in [0.2, 0.25) is 5.02 Å². The van der Waals surface area contributed by atoms with Gasteiger partial charge in [-0.1, -0.05) is 41.9 Å². The Balaban J connectivity index is 1.69. The van der Waals surface area contributed by atoms with Gasteiger partial charge in [-0.2, -0.15) is 0 Å². The number of anilines is 2. The Labute approximate surface area is 176 Å². The Kier molecular flexibility index (Phi) is 6.74. The Morgan fingerprint density at radius 1 is 1.21 bits per heavy atom. The average molecular weight is 430 g/mol. The summed E-state index contributed by atoms with van der Waals surface area (Å²) >= 11 is 7.24. The quantitative estimate of drug-likeness (QED) is 0.564. The van der Waals surface area contributed by atoms with Gasteiger partial charge in [-0.05, 0) is 29.8 Å². The molecule has 0 bridgehead atoms. The maximum Gasteiger partial charge on any atom is 0.244 e. The third-order valence-electron chi connectivity index (χ3n) is 3.93. The van der Waals surface area contributed by atoms with Gasteiger partial charge in [0.1, 0.15) is 5.82 Å². The van der Waals surface area contributed by atoms with Crippen molar-refractivity contribution in [3.05, 3.63) is 82.1 Å². The van der Waals surface area contributed by atoms with Crippen LogP contribution in [0.4, 0.5) is 15.2 Å². The van der Waals surface area contributed by atoms with Crippen molar-refractivity contribution in [1.82, 2.24) is 10.3 Å². The van der Waals surface area contributed by atoms with Gasteiger partial charge in [0.15, 0.2) is 5.13 Å². The molecule has 2 aromatic carbocycles. The molecule has 3 rings (SSSR count). The van der Waals surface area contributed by atoms with Crippen LogP contribution in [0.25, 0.3) is 6.08 Å². The van der Waals surface area contributed by atoms with Gasteiger partial charge in [0.2, 0.25) is 11.8 Å². The Morgan fingerprint density at radius 3 is 2.66 bits per heavy atom. The van der Waals surface area contributed by atoms with E-state index >= 15 is 0 Å². The van der Waals surface area contributed by atoms with E-state index in [-0.39, 0.29) is 17.5 Å². The first-order chi connectivity index (χ1) is 14.0. The highest BCUT2D eigenvalue weighted by Crippen LogP contribution is 2.30.